The second kappa shape index (κ2) is 13.4. The Morgan fingerprint density at radius 1 is 0.909 bits per heavy atom. The lowest BCUT2D eigenvalue weighted by atomic mass is 9.83. The molecule has 0 radical (unpaired) electrons. The molecule has 1 aliphatic heterocycles. The van der Waals surface area contributed by atoms with Crippen LogP contribution in [0.15, 0.2) is 0 Å². The van der Waals surface area contributed by atoms with Gasteiger partial charge in [0.05, 0.1) is 7.11 Å². The van der Waals surface area contributed by atoms with Crippen molar-refractivity contribution in [3.05, 3.63) is 22.3 Å². The standard InChI is InChI=1S/C30H51BrO2/c1-21(2)12-9-13-22(3)14-10-15-23(4)16-11-18-30(7)19-17-26-27(20-31)28(32-8)24(5)25(6)29(26)33-30/h21-23H,9-20H2,1-8H3/t22-,23-,30-/m1/s1. The van der Waals surface area contributed by atoms with Crippen LogP contribution in [-0.2, 0) is 11.8 Å². The van der Waals surface area contributed by atoms with Gasteiger partial charge in [-0.2, -0.15) is 0 Å². The largest absolute Gasteiger partial charge is 0.496 e. The Hall–Kier alpha value is -0.700. The third kappa shape index (κ3) is 8.18. The van der Waals surface area contributed by atoms with Gasteiger partial charge in [0.2, 0.25) is 0 Å². The summed E-state index contributed by atoms with van der Waals surface area (Å²) in [6.45, 7) is 16.2. The van der Waals surface area contributed by atoms with Gasteiger partial charge in [0, 0.05) is 16.5 Å². The lowest BCUT2D eigenvalue weighted by Gasteiger charge is -2.38. The first-order valence-electron chi connectivity index (χ1n) is 13.6. The van der Waals surface area contributed by atoms with Crippen molar-refractivity contribution < 1.29 is 9.47 Å². The Morgan fingerprint density at radius 2 is 1.48 bits per heavy atom. The molecule has 190 valence electrons. The van der Waals surface area contributed by atoms with E-state index in [9.17, 15) is 0 Å². The zero-order valence-corrected chi connectivity index (χ0v) is 24.5. The number of hydrogen-bond donors (Lipinski definition) is 0. The number of halogens is 1. The van der Waals surface area contributed by atoms with Crippen molar-refractivity contribution in [1.82, 2.24) is 0 Å². The number of ether oxygens (including phenoxy) is 2. The van der Waals surface area contributed by atoms with Crippen LogP contribution in [0.25, 0.3) is 0 Å². The van der Waals surface area contributed by atoms with Gasteiger partial charge >= 0.3 is 0 Å². The SMILES string of the molecule is COc1c(C)c(C)c2c(c1CBr)CC[C@@](C)(CCC[C@H](C)CCC[C@H](C)CCCC(C)C)O2. The smallest absolute Gasteiger partial charge is 0.127 e. The molecule has 1 heterocycles. The normalized spacial score (nSPS) is 19.8. The van der Waals surface area contributed by atoms with Crippen LogP contribution in [0.1, 0.15) is 121 Å². The monoisotopic (exact) mass is 522 g/mol. The molecular formula is C30H51BrO2. The van der Waals surface area contributed by atoms with E-state index in [2.05, 4.69) is 64.4 Å². The Morgan fingerprint density at radius 3 is 2.03 bits per heavy atom. The fraction of sp³-hybridized carbons (Fsp3) is 0.800. The molecule has 2 rings (SSSR count). The molecule has 0 aliphatic carbocycles. The van der Waals surface area contributed by atoms with Crippen molar-refractivity contribution in [1.29, 1.82) is 0 Å². The second-order valence-corrected chi connectivity index (χ2v) is 12.2. The number of alkyl halides is 1. The summed E-state index contributed by atoms with van der Waals surface area (Å²) in [4.78, 5) is 0. The zero-order chi connectivity index (χ0) is 24.6. The number of rotatable bonds is 14. The fourth-order valence-electron chi connectivity index (χ4n) is 5.55. The maximum Gasteiger partial charge on any atom is 0.127 e. The molecule has 1 aliphatic rings. The Labute approximate surface area is 213 Å². The second-order valence-electron chi connectivity index (χ2n) is 11.6. The van der Waals surface area contributed by atoms with Gasteiger partial charge in [-0.15, -0.1) is 0 Å². The van der Waals surface area contributed by atoms with Gasteiger partial charge < -0.3 is 9.47 Å². The first kappa shape index (κ1) is 28.5. The van der Waals surface area contributed by atoms with E-state index in [1.165, 1.54) is 73.6 Å². The molecule has 0 saturated carbocycles. The van der Waals surface area contributed by atoms with Gasteiger partial charge in [-0.05, 0) is 75.3 Å². The Balaban J connectivity index is 1.81. The van der Waals surface area contributed by atoms with Crippen molar-refractivity contribution >= 4 is 15.9 Å². The van der Waals surface area contributed by atoms with Crippen LogP contribution in [-0.4, -0.2) is 12.7 Å². The molecule has 1 aromatic rings. The molecule has 0 bridgehead atoms. The minimum atomic E-state index is -0.0486. The maximum atomic E-state index is 6.75. The molecule has 3 heteroatoms. The van der Waals surface area contributed by atoms with Crippen LogP contribution in [0.2, 0.25) is 0 Å². The lowest BCUT2D eigenvalue weighted by molar-refractivity contribution is 0.0511. The minimum absolute atomic E-state index is 0.0486. The summed E-state index contributed by atoms with van der Waals surface area (Å²) in [6, 6.07) is 0. The van der Waals surface area contributed by atoms with Crippen molar-refractivity contribution in [3.8, 4) is 11.5 Å². The number of benzene rings is 1. The summed E-state index contributed by atoms with van der Waals surface area (Å²) in [5.74, 6) is 4.71. The molecule has 0 spiro atoms. The molecule has 2 nitrogen and oxygen atoms in total. The van der Waals surface area contributed by atoms with Gasteiger partial charge in [0.15, 0.2) is 0 Å². The molecule has 0 saturated heterocycles. The first-order valence-corrected chi connectivity index (χ1v) is 14.7. The van der Waals surface area contributed by atoms with E-state index < -0.39 is 0 Å². The summed E-state index contributed by atoms with van der Waals surface area (Å²) in [7, 11) is 1.78. The third-order valence-corrected chi connectivity index (χ3v) is 8.58. The van der Waals surface area contributed by atoms with E-state index in [1.807, 2.05) is 0 Å². The van der Waals surface area contributed by atoms with Crippen LogP contribution < -0.4 is 9.47 Å². The number of methoxy groups -OCH3 is 1. The average molecular weight is 524 g/mol. The topological polar surface area (TPSA) is 18.5 Å². The first-order chi connectivity index (χ1) is 15.6. The lowest BCUT2D eigenvalue weighted by Crippen LogP contribution is -2.37. The van der Waals surface area contributed by atoms with Crippen LogP contribution in [0.3, 0.4) is 0 Å². The highest BCUT2D eigenvalue weighted by atomic mass is 79.9. The van der Waals surface area contributed by atoms with Crippen molar-refractivity contribution in [2.24, 2.45) is 17.8 Å². The highest BCUT2D eigenvalue weighted by Crippen LogP contribution is 2.45. The molecule has 0 fully saturated rings. The van der Waals surface area contributed by atoms with Crippen LogP contribution in [0, 0.1) is 31.6 Å². The summed E-state index contributed by atoms with van der Waals surface area (Å²) in [5.41, 5.74) is 5.02. The maximum absolute atomic E-state index is 6.75. The van der Waals surface area contributed by atoms with Crippen LogP contribution >= 0.6 is 15.9 Å². The molecule has 3 atom stereocenters. The summed E-state index contributed by atoms with van der Waals surface area (Å²) in [6.07, 6.45) is 14.3. The third-order valence-electron chi connectivity index (χ3n) is 8.02. The van der Waals surface area contributed by atoms with Crippen molar-refractivity contribution in [2.75, 3.05) is 7.11 Å². The molecule has 0 unspecified atom stereocenters. The van der Waals surface area contributed by atoms with Crippen molar-refractivity contribution in [2.45, 2.75) is 130 Å². The van der Waals surface area contributed by atoms with Crippen molar-refractivity contribution in [3.63, 3.8) is 0 Å². The van der Waals surface area contributed by atoms with E-state index in [-0.39, 0.29) is 5.60 Å². The predicted molar refractivity (Wildman–Crippen MR) is 147 cm³/mol. The highest BCUT2D eigenvalue weighted by molar-refractivity contribution is 9.08. The van der Waals surface area contributed by atoms with E-state index in [4.69, 9.17) is 9.47 Å². The zero-order valence-electron chi connectivity index (χ0n) is 22.9. The Kier molecular flexibility index (Phi) is 11.6. The summed E-state index contributed by atoms with van der Waals surface area (Å²) >= 11 is 3.69. The van der Waals surface area contributed by atoms with Gasteiger partial charge in [0.25, 0.3) is 0 Å². The average Bonchev–Trinajstić information content (AvgIpc) is 2.76. The molecule has 1 aromatic carbocycles. The molecule has 0 amide bonds. The van der Waals surface area contributed by atoms with Gasteiger partial charge in [-0.3, -0.25) is 0 Å². The Bertz CT molecular complexity index is 742. The van der Waals surface area contributed by atoms with Crippen LogP contribution in [0.4, 0.5) is 0 Å². The molecular weight excluding hydrogens is 472 g/mol. The molecule has 0 aromatic heterocycles. The quantitative estimate of drug-likeness (QED) is 0.226. The minimum Gasteiger partial charge on any atom is -0.496 e. The van der Waals surface area contributed by atoms with E-state index >= 15 is 0 Å². The number of hydrogen-bond acceptors (Lipinski definition) is 2. The van der Waals surface area contributed by atoms with E-state index in [0.29, 0.717) is 0 Å². The van der Waals surface area contributed by atoms with E-state index in [1.54, 1.807) is 7.11 Å². The molecule has 33 heavy (non-hydrogen) atoms. The van der Waals surface area contributed by atoms with Crippen LogP contribution in [0.5, 0.6) is 11.5 Å². The molecule has 0 N–H and O–H groups in total. The van der Waals surface area contributed by atoms with E-state index in [0.717, 1.165) is 53.8 Å². The highest BCUT2D eigenvalue weighted by Gasteiger charge is 2.35. The summed E-state index contributed by atoms with van der Waals surface area (Å²) in [5, 5.41) is 0.813. The number of fused-ring (bicyclic) bond motifs is 1. The summed E-state index contributed by atoms with van der Waals surface area (Å²) < 4.78 is 12.5. The van der Waals surface area contributed by atoms with Gasteiger partial charge in [0.1, 0.15) is 17.1 Å². The van der Waals surface area contributed by atoms with Gasteiger partial charge in [-0.1, -0.05) is 88.6 Å². The predicted octanol–water partition coefficient (Wildman–Crippen LogP) is 9.73. The van der Waals surface area contributed by atoms with Gasteiger partial charge in [-0.25, -0.2) is 0 Å². The fourth-order valence-corrected chi connectivity index (χ4v) is 6.15.